The number of halogens is 3. The number of aromatic amines is 1. The highest BCUT2D eigenvalue weighted by Crippen LogP contribution is 2.31. The van der Waals surface area contributed by atoms with Crippen LogP contribution in [0.4, 0.5) is 4.39 Å². The van der Waals surface area contributed by atoms with Crippen LogP contribution >= 0.6 is 23.2 Å². The normalized spacial score (nSPS) is 10.7. The molecule has 1 aromatic carbocycles. The summed E-state index contributed by atoms with van der Waals surface area (Å²) in [5, 5.41) is 0.468. The molecule has 2 rings (SSSR count). The van der Waals surface area contributed by atoms with E-state index in [1.54, 1.807) is 0 Å². The quantitative estimate of drug-likeness (QED) is 0.714. The largest absolute Gasteiger partial charge is 0.361 e. The molecule has 1 nitrogen and oxygen atoms in total. The molecule has 0 spiro atoms. The third-order valence-corrected chi connectivity index (χ3v) is 2.73. The van der Waals surface area contributed by atoms with Gasteiger partial charge in [-0.05, 0) is 30.7 Å². The minimum atomic E-state index is -0.469. The molecule has 0 atom stereocenters. The van der Waals surface area contributed by atoms with Crippen molar-refractivity contribution in [1.82, 2.24) is 4.98 Å². The van der Waals surface area contributed by atoms with Crippen LogP contribution in [-0.2, 0) is 0 Å². The van der Waals surface area contributed by atoms with E-state index < -0.39 is 5.82 Å². The number of hydrogen-bond donors (Lipinski definition) is 1. The molecule has 0 aliphatic carbocycles. The average Bonchev–Trinajstić information content (AvgIpc) is 2.58. The Hall–Kier alpha value is -0.990. The molecule has 0 unspecified atom stereocenters. The second-order valence-corrected chi connectivity index (χ2v) is 4.15. The second kappa shape index (κ2) is 3.87. The summed E-state index contributed by atoms with van der Waals surface area (Å²) < 4.78 is 13.2. The molecule has 15 heavy (non-hydrogen) atoms. The van der Waals surface area contributed by atoms with Crippen LogP contribution in [0.25, 0.3) is 11.3 Å². The van der Waals surface area contributed by atoms with Gasteiger partial charge in [0.25, 0.3) is 0 Å². The van der Waals surface area contributed by atoms with Gasteiger partial charge in [0.15, 0.2) is 0 Å². The summed E-state index contributed by atoms with van der Waals surface area (Å²) in [6.45, 7) is 1.94. The molecule has 4 heteroatoms. The van der Waals surface area contributed by atoms with Crippen LogP contribution < -0.4 is 0 Å². The lowest BCUT2D eigenvalue weighted by Gasteiger charge is -2.03. The van der Waals surface area contributed by atoms with Crippen LogP contribution in [-0.4, -0.2) is 4.98 Å². The second-order valence-electron chi connectivity index (χ2n) is 3.34. The fourth-order valence-corrected chi connectivity index (χ4v) is 1.87. The lowest BCUT2D eigenvalue weighted by atomic mass is 10.1. The zero-order valence-corrected chi connectivity index (χ0v) is 9.46. The summed E-state index contributed by atoms with van der Waals surface area (Å²) in [7, 11) is 0. The summed E-state index contributed by atoms with van der Waals surface area (Å²) >= 11 is 11.6. The van der Waals surface area contributed by atoms with E-state index in [-0.39, 0.29) is 5.02 Å². The maximum atomic E-state index is 13.2. The van der Waals surface area contributed by atoms with E-state index in [2.05, 4.69) is 4.98 Å². The Kier molecular flexibility index (Phi) is 2.72. The number of nitrogens with one attached hydrogen (secondary N) is 1. The summed E-state index contributed by atoms with van der Waals surface area (Å²) in [5.41, 5.74) is 2.47. The standard InChI is InChI=1S/C11H8Cl2FN/c1-6-2-11(15-5-6)7-3-10(14)9(13)4-8(7)12/h2-5,15H,1H3. The molecule has 0 amide bonds. The number of rotatable bonds is 1. The van der Waals surface area contributed by atoms with Gasteiger partial charge in [0.2, 0.25) is 0 Å². The first-order chi connectivity index (χ1) is 7.08. The van der Waals surface area contributed by atoms with Crippen LogP contribution in [0.15, 0.2) is 24.4 Å². The summed E-state index contributed by atoms with van der Waals surface area (Å²) in [5.74, 6) is -0.469. The maximum absolute atomic E-state index is 13.2. The van der Waals surface area contributed by atoms with E-state index in [9.17, 15) is 4.39 Å². The van der Waals surface area contributed by atoms with Crippen molar-refractivity contribution in [2.45, 2.75) is 6.92 Å². The van der Waals surface area contributed by atoms with Gasteiger partial charge in [-0.2, -0.15) is 0 Å². The van der Waals surface area contributed by atoms with Gasteiger partial charge in [-0.3, -0.25) is 0 Å². The molecule has 0 radical (unpaired) electrons. The van der Waals surface area contributed by atoms with E-state index in [0.717, 1.165) is 11.3 Å². The summed E-state index contributed by atoms with van der Waals surface area (Å²) in [6, 6.07) is 4.63. The van der Waals surface area contributed by atoms with Crippen molar-refractivity contribution in [2.24, 2.45) is 0 Å². The Bertz CT molecular complexity index is 505. The first kappa shape index (κ1) is 10.5. The fourth-order valence-electron chi connectivity index (χ4n) is 1.39. The van der Waals surface area contributed by atoms with Crippen molar-refractivity contribution in [3.05, 3.63) is 45.8 Å². The molecule has 0 saturated carbocycles. The molecule has 0 saturated heterocycles. The van der Waals surface area contributed by atoms with E-state index in [4.69, 9.17) is 23.2 Å². The van der Waals surface area contributed by atoms with Crippen LogP contribution in [0, 0.1) is 12.7 Å². The Balaban J connectivity index is 2.58. The van der Waals surface area contributed by atoms with Gasteiger partial charge in [-0.1, -0.05) is 23.2 Å². The van der Waals surface area contributed by atoms with E-state index in [0.29, 0.717) is 10.6 Å². The number of hydrogen-bond acceptors (Lipinski definition) is 0. The van der Waals surface area contributed by atoms with Crippen LogP contribution in [0.5, 0.6) is 0 Å². The zero-order chi connectivity index (χ0) is 11.0. The smallest absolute Gasteiger partial charge is 0.142 e. The van der Waals surface area contributed by atoms with Gasteiger partial charge in [-0.25, -0.2) is 4.39 Å². The van der Waals surface area contributed by atoms with E-state index in [1.165, 1.54) is 12.1 Å². The molecule has 1 N–H and O–H groups in total. The van der Waals surface area contributed by atoms with Gasteiger partial charge >= 0.3 is 0 Å². The van der Waals surface area contributed by atoms with Crippen LogP contribution in [0.3, 0.4) is 0 Å². The Morgan fingerprint density at radius 3 is 2.47 bits per heavy atom. The number of aromatic nitrogens is 1. The van der Waals surface area contributed by atoms with Crippen molar-refractivity contribution in [3.63, 3.8) is 0 Å². The van der Waals surface area contributed by atoms with Gasteiger partial charge in [0.1, 0.15) is 5.82 Å². The zero-order valence-electron chi connectivity index (χ0n) is 7.94. The lowest BCUT2D eigenvalue weighted by molar-refractivity contribution is 0.629. The fraction of sp³-hybridized carbons (Fsp3) is 0.0909. The van der Waals surface area contributed by atoms with Crippen molar-refractivity contribution >= 4 is 23.2 Å². The van der Waals surface area contributed by atoms with Gasteiger partial charge in [-0.15, -0.1) is 0 Å². The van der Waals surface area contributed by atoms with Crippen molar-refractivity contribution < 1.29 is 4.39 Å². The Morgan fingerprint density at radius 1 is 1.13 bits per heavy atom. The molecule has 0 fully saturated rings. The van der Waals surface area contributed by atoms with Crippen molar-refractivity contribution in [2.75, 3.05) is 0 Å². The first-order valence-electron chi connectivity index (χ1n) is 4.38. The van der Waals surface area contributed by atoms with Crippen molar-refractivity contribution in [1.29, 1.82) is 0 Å². The van der Waals surface area contributed by atoms with E-state index >= 15 is 0 Å². The van der Waals surface area contributed by atoms with Crippen molar-refractivity contribution in [3.8, 4) is 11.3 Å². The maximum Gasteiger partial charge on any atom is 0.142 e. The highest BCUT2D eigenvalue weighted by Gasteiger charge is 2.09. The van der Waals surface area contributed by atoms with Crippen LogP contribution in [0.1, 0.15) is 5.56 Å². The van der Waals surface area contributed by atoms with E-state index in [1.807, 2.05) is 19.2 Å². The summed E-state index contributed by atoms with van der Waals surface area (Å²) in [4.78, 5) is 3.02. The Morgan fingerprint density at radius 2 is 1.87 bits per heavy atom. The number of aryl methyl sites for hydroxylation is 1. The highest BCUT2D eigenvalue weighted by atomic mass is 35.5. The highest BCUT2D eigenvalue weighted by molar-refractivity contribution is 6.36. The molecular formula is C11H8Cl2FN. The molecule has 1 heterocycles. The minimum Gasteiger partial charge on any atom is -0.361 e. The third kappa shape index (κ3) is 2.01. The van der Waals surface area contributed by atoms with Gasteiger partial charge in [0, 0.05) is 17.5 Å². The molecular weight excluding hydrogens is 236 g/mol. The molecule has 2 aromatic rings. The predicted octanol–water partition coefficient (Wildman–Crippen LogP) is 4.44. The lowest BCUT2D eigenvalue weighted by Crippen LogP contribution is -1.83. The number of H-pyrrole nitrogens is 1. The van der Waals surface area contributed by atoms with Crippen LogP contribution in [0.2, 0.25) is 10.0 Å². The Labute approximate surface area is 96.8 Å². The number of benzene rings is 1. The monoisotopic (exact) mass is 243 g/mol. The molecule has 0 aliphatic rings. The SMILES string of the molecule is Cc1c[nH]c(-c2cc(F)c(Cl)cc2Cl)c1. The minimum absolute atomic E-state index is 0.0343. The first-order valence-corrected chi connectivity index (χ1v) is 5.13. The third-order valence-electron chi connectivity index (χ3n) is 2.13. The molecule has 78 valence electrons. The molecule has 1 aromatic heterocycles. The molecule has 0 aliphatic heterocycles. The van der Waals surface area contributed by atoms with Gasteiger partial charge in [0.05, 0.1) is 10.0 Å². The van der Waals surface area contributed by atoms with Gasteiger partial charge < -0.3 is 4.98 Å². The predicted molar refractivity (Wildman–Crippen MR) is 60.9 cm³/mol. The average molecular weight is 244 g/mol. The molecule has 0 bridgehead atoms. The summed E-state index contributed by atoms with van der Waals surface area (Å²) in [6.07, 6.45) is 1.83. The topological polar surface area (TPSA) is 15.8 Å².